The molecule has 1 aliphatic heterocycles. The minimum atomic E-state index is 0.341. The summed E-state index contributed by atoms with van der Waals surface area (Å²) in [5.41, 5.74) is 9.00. The minimum absolute atomic E-state index is 0.341. The molecule has 1 aromatic rings. The number of nitrogens with two attached hydrogens (primary N) is 1. The predicted octanol–water partition coefficient (Wildman–Crippen LogP) is 3.07. The second-order valence-corrected chi connectivity index (χ2v) is 5.58. The third-order valence-corrected chi connectivity index (χ3v) is 3.86. The van der Waals surface area contributed by atoms with Gasteiger partial charge in [0.1, 0.15) is 0 Å². The van der Waals surface area contributed by atoms with E-state index >= 15 is 0 Å². The predicted molar refractivity (Wildman–Crippen MR) is 75.6 cm³/mol. The molecule has 2 N–H and O–H groups in total. The lowest BCUT2D eigenvalue weighted by molar-refractivity contribution is 0.0616. The van der Waals surface area contributed by atoms with Gasteiger partial charge in [0.15, 0.2) is 0 Å². The maximum absolute atomic E-state index is 6.25. The minimum Gasteiger partial charge on any atom is -0.381 e. The molecule has 0 aliphatic carbocycles. The Balaban J connectivity index is 1.72. The average Bonchev–Trinajstić information content (AvgIpc) is 2.38. The van der Waals surface area contributed by atoms with Crippen molar-refractivity contribution in [3.63, 3.8) is 0 Å². The number of hydrogen-bond donors (Lipinski definition) is 1. The van der Waals surface area contributed by atoms with Crippen molar-refractivity contribution < 1.29 is 4.74 Å². The van der Waals surface area contributed by atoms with E-state index < -0.39 is 0 Å². The van der Waals surface area contributed by atoms with Gasteiger partial charge in [-0.25, -0.2) is 0 Å². The summed E-state index contributed by atoms with van der Waals surface area (Å²) in [6.45, 7) is 4.00. The highest BCUT2D eigenvalue weighted by Crippen LogP contribution is 2.21. The van der Waals surface area contributed by atoms with Gasteiger partial charge in [-0.1, -0.05) is 29.8 Å². The van der Waals surface area contributed by atoms with E-state index in [1.54, 1.807) is 0 Å². The van der Waals surface area contributed by atoms with E-state index in [0.29, 0.717) is 6.04 Å². The molecule has 0 spiro atoms. The Hall–Kier alpha value is -0.860. The van der Waals surface area contributed by atoms with Crippen molar-refractivity contribution in [2.24, 2.45) is 11.7 Å². The first-order valence-electron chi connectivity index (χ1n) is 7.13. The molecule has 1 aromatic carbocycles. The van der Waals surface area contributed by atoms with E-state index in [0.717, 1.165) is 38.4 Å². The van der Waals surface area contributed by atoms with Crippen molar-refractivity contribution in [3.05, 3.63) is 35.4 Å². The molecule has 2 heteroatoms. The van der Waals surface area contributed by atoms with Crippen LogP contribution in [-0.4, -0.2) is 19.3 Å². The topological polar surface area (TPSA) is 35.2 Å². The van der Waals surface area contributed by atoms with Crippen molar-refractivity contribution in [1.82, 2.24) is 0 Å². The van der Waals surface area contributed by atoms with Gasteiger partial charge in [0.2, 0.25) is 0 Å². The van der Waals surface area contributed by atoms with Crippen molar-refractivity contribution in [2.45, 2.75) is 45.1 Å². The summed E-state index contributed by atoms with van der Waals surface area (Å²) in [6.07, 6.45) is 5.75. The van der Waals surface area contributed by atoms with Gasteiger partial charge >= 0.3 is 0 Å². The molecule has 0 bridgehead atoms. The molecule has 0 saturated carbocycles. The second-order valence-electron chi connectivity index (χ2n) is 5.58. The Kier molecular flexibility index (Phi) is 5.21. The van der Waals surface area contributed by atoms with Gasteiger partial charge in [0.25, 0.3) is 0 Å². The molecule has 18 heavy (non-hydrogen) atoms. The number of ether oxygens (including phenoxy) is 1. The van der Waals surface area contributed by atoms with Gasteiger partial charge in [-0.15, -0.1) is 0 Å². The van der Waals surface area contributed by atoms with Crippen LogP contribution in [0.2, 0.25) is 0 Å². The number of rotatable bonds is 5. The first-order chi connectivity index (χ1) is 8.74. The van der Waals surface area contributed by atoms with Crippen LogP contribution in [-0.2, 0) is 11.2 Å². The molecule has 2 rings (SSSR count). The normalized spacial score (nSPS) is 18.8. The fourth-order valence-corrected chi connectivity index (χ4v) is 2.75. The summed E-state index contributed by atoms with van der Waals surface area (Å²) >= 11 is 0. The van der Waals surface area contributed by atoms with Crippen molar-refractivity contribution >= 4 is 0 Å². The Morgan fingerprint density at radius 3 is 2.83 bits per heavy atom. The average molecular weight is 247 g/mol. The first kappa shape index (κ1) is 13.6. The van der Waals surface area contributed by atoms with Crippen LogP contribution in [0.25, 0.3) is 0 Å². The molecular formula is C16H25NO. The molecule has 1 atom stereocenters. The smallest absolute Gasteiger partial charge is 0.0468 e. The first-order valence-corrected chi connectivity index (χ1v) is 7.13. The highest BCUT2D eigenvalue weighted by molar-refractivity contribution is 5.22. The SMILES string of the molecule is Cc1cccc(CCC(N)CC2CCOCC2)c1. The second kappa shape index (κ2) is 6.91. The van der Waals surface area contributed by atoms with E-state index in [9.17, 15) is 0 Å². The van der Waals surface area contributed by atoms with Crippen LogP contribution in [0.15, 0.2) is 24.3 Å². The quantitative estimate of drug-likeness (QED) is 0.868. The summed E-state index contributed by atoms with van der Waals surface area (Å²) in [5, 5.41) is 0. The summed E-state index contributed by atoms with van der Waals surface area (Å²) in [7, 11) is 0. The zero-order chi connectivity index (χ0) is 12.8. The monoisotopic (exact) mass is 247 g/mol. The molecule has 0 amide bonds. The highest BCUT2D eigenvalue weighted by Gasteiger charge is 2.16. The van der Waals surface area contributed by atoms with Crippen molar-refractivity contribution in [2.75, 3.05) is 13.2 Å². The zero-order valence-corrected chi connectivity index (χ0v) is 11.4. The van der Waals surface area contributed by atoms with Crippen molar-refractivity contribution in [1.29, 1.82) is 0 Å². The van der Waals surface area contributed by atoms with E-state index in [-0.39, 0.29) is 0 Å². The number of hydrogen-bond acceptors (Lipinski definition) is 2. The van der Waals surface area contributed by atoms with E-state index in [4.69, 9.17) is 10.5 Å². The zero-order valence-electron chi connectivity index (χ0n) is 11.4. The third kappa shape index (κ3) is 4.43. The molecule has 1 unspecified atom stereocenters. The summed E-state index contributed by atoms with van der Waals surface area (Å²) in [4.78, 5) is 0. The fourth-order valence-electron chi connectivity index (χ4n) is 2.75. The summed E-state index contributed by atoms with van der Waals surface area (Å²) in [5.74, 6) is 0.784. The van der Waals surface area contributed by atoms with Crippen molar-refractivity contribution in [3.8, 4) is 0 Å². The van der Waals surface area contributed by atoms with Gasteiger partial charge in [-0.05, 0) is 50.5 Å². The Bertz CT molecular complexity index is 358. The summed E-state index contributed by atoms with van der Waals surface area (Å²) < 4.78 is 5.38. The van der Waals surface area contributed by atoms with Crippen LogP contribution in [0.3, 0.4) is 0 Å². The number of aryl methyl sites for hydroxylation is 2. The maximum atomic E-state index is 6.25. The lowest BCUT2D eigenvalue weighted by Gasteiger charge is -2.24. The van der Waals surface area contributed by atoms with E-state index in [2.05, 4.69) is 31.2 Å². The molecule has 1 saturated heterocycles. The lowest BCUT2D eigenvalue weighted by atomic mass is 9.90. The highest BCUT2D eigenvalue weighted by atomic mass is 16.5. The van der Waals surface area contributed by atoms with E-state index in [1.165, 1.54) is 24.0 Å². The van der Waals surface area contributed by atoms with Gasteiger partial charge in [-0.3, -0.25) is 0 Å². The largest absolute Gasteiger partial charge is 0.381 e. The van der Waals surface area contributed by atoms with Crippen LogP contribution < -0.4 is 5.73 Å². The molecule has 0 aromatic heterocycles. The Morgan fingerprint density at radius 2 is 2.11 bits per heavy atom. The van der Waals surface area contributed by atoms with Gasteiger partial charge in [0, 0.05) is 19.3 Å². The molecule has 1 heterocycles. The maximum Gasteiger partial charge on any atom is 0.0468 e. The van der Waals surface area contributed by atoms with Gasteiger partial charge < -0.3 is 10.5 Å². The Labute approximate surface area is 111 Å². The van der Waals surface area contributed by atoms with Gasteiger partial charge in [-0.2, -0.15) is 0 Å². The molecule has 2 nitrogen and oxygen atoms in total. The molecule has 1 fully saturated rings. The number of benzene rings is 1. The van der Waals surface area contributed by atoms with Crippen LogP contribution in [0.4, 0.5) is 0 Å². The van der Waals surface area contributed by atoms with Gasteiger partial charge in [0.05, 0.1) is 0 Å². The molecular weight excluding hydrogens is 222 g/mol. The van der Waals surface area contributed by atoms with Crippen LogP contribution in [0, 0.1) is 12.8 Å². The van der Waals surface area contributed by atoms with Crippen LogP contribution in [0.1, 0.15) is 36.8 Å². The molecule has 100 valence electrons. The summed E-state index contributed by atoms with van der Waals surface area (Å²) in [6, 6.07) is 9.09. The molecule has 0 radical (unpaired) electrons. The van der Waals surface area contributed by atoms with Crippen LogP contribution in [0.5, 0.6) is 0 Å². The standard InChI is InChI=1S/C16H25NO/c1-13-3-2-4-14(11-13)5-6-16(17)12-15-7-9-18-10-8-15/h2-4,11,15-16H,5-10,12,17H2,1H3. The Morgan fingerprint density at radius 1 is 1.33 bits per heavy atom. The molecule has 1 aliphatic rings. The third-order valence-electron chi connectivity index (χ3n) is 3.86. The van der Waals surface area contributed by atoms with E-state index in [1.807, 2.05) is 0 Å². The lowest BCUT2D eigenvalue weighted by Crippen LogP contribution is -2.27. The van der Waals surface area contributed by atoms with Crippen LogP contribution >= 0.6 is 0 Å². The fraction of sp³-hybridized carbons (Fsp3) is 0.625.